The van der Waals surface area contributed by atoms with Crippen molar-refractivity contribution in [1.82, 2.24) is 10.2 Å². The summed E-state index contributed by atoms with van der Waals surface area (Å²) >= 11 is 0. The van der Waals surface area contributed by atoms with Crippen LogP contribution in [0.5, 0.6) is 17.4 Å². The van der Waals surface area contributed by atoms with Crippen molar-refractivity contribution >= 4 is 0 Å². The maximum Gasteiger partial charge on any atom is 0.244 e. The lowest BCUT2D eigenvalue weighted by Crippen LogP contribution is -2.21. The van der Waals surface area contributed by atoms with E-state index >= 15 is 0 Å². The molecule has 1 aliphatic heterocycles. The zero-order chi connectivity index (χ0) is 25.1. The first-order valence-electron chi connectivity index (χ1n) is 11.4. The molecule has 0 fully saturated rings. The number of benzene rings is 3. The van der Waals surface area contributed by atoms with Gasteiger partial charge in [-0.05, 0) is 54.4 Å². The van der Waals surface area contributed by atoms with Crippen molar-refractivity contribution in [2.75, 3.05) is 6.61 Å². The van der Waals surface area contributed by atoms with Crippen molar-refractivity contribution < 1.29 is 18.6 Å². The number of aromatic nitrogens is 2. The standard InChI is InChI=1S/C28H23FN4O3/c1-2-34-22-5-3-4-19(14-22)26-25-24(23(15-30)27(31)36-28(25)33-32-26)18-8-12-21(13-9-18)35-16-17-6-10-20(29)11-7-17/h3-14,24H,2,16,31H2,1H3,(H,32,33). The number of rotatable bonds is 7. The van der Waals surface area contributed by atoms with Gasteiger partial charge in [0.2, 0.25) is 11.8 Å². The molecule has 8 heteroatoms. The fourth-order valence-corrected chi connectivity index (χ4v) is 4.21. The molecular weight excluding hydrogens is 459 g/mol. The normalized spacial score (nSPS) is 14.5. The highest BCUT2D eigenvalue weighted by atomic mass is 19.1. The van der Waals surface area contributed by atoms with Crippen LogP contribution in [0.25, 0.3) is 11.3 Å². The van der Waals surface area contributed by atoms with Gasteiger partial charge in [0.15, 0.2) is 0 Å². The van der Waals surface area contributed by atoms with Gasteiger partial charge in [0.25, 0.3) is 0 Å². The van der Waals surface area contributed by atoms with E-state index in [4.69, 9.17) is 19.9 Å². The van der Waals surface area contributed by atoms with E-state index in [1.54, 1.807) is 12.1 Å². The summed E-state index contributed by atoms with van der Waals surface area (Å²) in [6, 6.07) is 23.4. The number of H-pyrrole nitrogens is 1. The molecule has 180 valence electrons. The molecular formula is C28H23FN4O3. The molecule has 1 aliphatic rings. The maximum absolute atomic E-state index is 13.1. The average Bonchev–Trinajstić information content (AvgIpc) is 3.31. The van der Waals surface area contributed by atoms with E-state index in [1.165, 1.54) is 12.1 Å². The Kier molecular flexibility index (Phi) is 6.29. The van der Waals surface area contributed by atoms with Crippen LogP contribution in [-0.4, -0.2) is 16.8 Å². The Morgan fingerprint density at radius 2 is 1.83 bits per heavy atom. The highest BCUT2D eigenvalue weighted by Gasteiger charge is 2.35. The summed E-state index contributed by atoms with van der Waals surface area (Å²) in [6.07, 6.45) is 0. The number of hydrogen-bond donors (Lipinski definition) is 2. The molecule has 0 saturated carbocycles. The third-order valence-electron chi connectivity index (χ3n) is 5.90. The second kappa shape index (κ2) is 9.84. The maximum atomic E-state index is 13.1. The molecule has 2 heterocycles. The Morgan fingerprint density at radius 1 is 1.06 bits per heavy atom. The number of allylic oxidation sites excluding steroid dienone is 1. The van der Waals surface area contributed by atoms with E-state index in [0.717, 1.165) is 28.0 Å². The number of nitrogens with one attached hydrogen (secondary N) is 1. The predicted octanol–water partition coefficient (Wildman–Crippen LogP) is 5.41. The molecule has 0 bridgehead atoms. The molecule has 0 aliphatic carbocycles. The van der Waals surface area contributed by atoms with Crippen molar-refractivity contribution in [2.24, 2.45) is 5.73 Å². The summed E-state index contributed by atoms with van der Waals surface area (Å²) in [4.78, 5) is 0. The molecule has 3 N–H and O–H groups in total. The van der Waals surface area contributed by atoms with Crippen LogP contribution in [0.4, 0.5) is 4.39 Å². The SMILES string of the molecule is CCOc1cccc(-c2[nH]nc3c2C(c2ccc(OCc4ccc(F)cc4)cc2)C(C#N)=C(N)O3)c1. The summed E-state index contributed by atoms with van der Waals surface area (Å²) in [6.45, 7) is 2.78. The number of halogens is 1. The quantitative estimate of drug-likeness (QED) is 0.365. The smallest absolute Gasteiger partial charge is 0.244 e. The third kappa shape index (κ3) is 4.46. The van der Waals surface area contributed by atoms with Gasteiger partial charge in [0.05, 0.1) is 23.8 Å². The highest BCUT2D eigenvalue weighted by Crippen LogP contribution is 2.46. The minimum absolute atomic E-state index is 0.0211. The molecule has 4 aromatic rings. The molecule has 7 nitrogen and oxygen atoms in total. The number of nitrogens with two attached hydrogens (primary N) is 1. The number of nitriles is 1. The van der Waals surface area contributed by atoms with Gasteiger partial charge >= 0.3 is 0 Å². The molecule has 0 amide bonds. The Balaban J connectivity index is 1.48. The first-order valence-corrected chi connectivity index (χ1v) is 11.4. The fourth-order valence-electron chi connectivity index (χ4n) is 4.21. The molecule has 1 unspecified atom stereocenters. The van der Waals surface area contributed by atoms with Crippen molar-refractivity contribution in [1.29, 1.82) is 5.26 Å². The molecule has 0 spiro atoms. The van der Waals surface area contributed by atoms with Crippen molar-refractivity contribution in [2.45, 2.75) is 19.4 Å². The first-order chi connectivity index (χ1) is 17.6. The number of ether oxygens (including phenoxy) is 3. The molecule has 1 aromatic heterocycles. The lowest BCUT2D eigenvalue weighted by Gasteiger charge is -2.24. The second-order valence-corrected chi connectivity index (χ2v) is 8.19. The Bertz CT molecular complexity index is 1450. The van der Waals surface area contributed by atoms with E-state index in [1.807, 2.05) is 55.5 Å². The van der Waals surface area contributed by atoms with Crippen molar-refractivity contribution in [3.63, 3.8) is 0 Å². The number of hydrogen-bond acceptors (Lipinski definition) is 6. The summed E-state index contributed by atoms with van der Waals surface area (Å²) in [7, 11) is 0. The zero-order valence-corrected chi connectivity index (χ0v) is 19.5. The lowest BCUT2D eigenvalue weighted by atomic mass is 9.83. The van der Waals surface area contributed by atoms with Gasteiger partial charge in [-0.2, -0.15) is 5.26 Å². The molecule has 0 radical (unpaired) electrons. The van der Waals surface area contributed by atoms with E-state index in [9.17, 15) is 9.65 Å². The minimum Gasteiger partial charge on any atom is -0.494 e. The topological polar surface area (TPSA) is 106 Å². The number of aromatic amines is 1. The first kappa shape index (κ1) is 23.0. The monoisotopic (exact) mass is 482 g/mol. The van der Waals surface area contributed by atoms with Crippen LogP contribution < -0.4 is 19.9 Å². The van der Waals surface area contributed by atoms with E-state index in [0.29, 0.717) is 36.1 Å². The van der Waals surface area contributed by atoms with E-state index < -0.39 is 5.92 Å². The number of nitrogens with zero attached hydrogens (tertiary/aromatic N) is 2. The molecule has 0 saturated heterocycles. The van der Waals surface area contributed by atoms with Gasteiger partial charge < -0.3 is 19.9 Å². The van der Waals surface area contributed by atoms with Gasteiger partial charge in [-0.25, -0.2) is 4.39 Å². The molecule has 36 heavy (non-hydrogen) atoms. The molecule has 1 atom stereocenters. The highest BCUT2D eigenvalue weighted by molar-refractivity contribution is 5.71. The Morgan fingerprint density at radius 3 is 2.56 bits per heavy atom. The van der Waals surface area contributed by atoms with Gasteiger partial charge in [0.1, 0.15) is 35.6 Å². The largest absolute Gasteiger partial charge is 0.494 e. The Hall–Kier alpha value is -4.77. The van der Waals surface area contributed by atoms with E-state index in [2.05, 4.69) is 16.3 Å². The zero-order valence-electron chi connectivity index (χ0n) is 19.5. The van der Waals surface area contributed by atoms with Crippen LogP contribution in [0.3, 0.4) is 0 Å². The van der Waals surface area contributed by atoms with Crippen LogP contribution in [0.2, 0.25) is 0 Å². The van der Waals surface area contributed by atoms with Gasteiger partial charge in [-0.15, -0.1) is 5.10 Å². The van der Waals surface area contributed by atoms with Gasteiger partial charge in [-0.3, -0.25) is 5.10 Å². The summed E-state index contributed by atoms with van der Waals surface area (Å²) in [5.41, 5.74) is 10.4. The lowest BCUT2D eigenvalue weighted by molar-refractivity contribution is 0.306. The van der Waals surface area contributed by atoms with Crippen LogP contribution in [-0.2, 0) is 6.61 Å². The average molecular weight is 483 g/mol. The molecule has 3 aromatic carbocycles. The van der Waals surface area contributed by atoms with Crippen molar-refractivity contribution in [3.8, 4) is 34.7 Å². The van der Waals surface area contributed by atoms with Crippen LogP contribution in [0.1, 0.15) is 29.5 Å². The Labute approximate surface area is 207 Å². The third-order valence-corrected chi connectivity index (χ3v) is 5.90. The number of fused-ring (bicyclic) bond motifs is 1. The van der Waals surface area contributed by atoms with Crippen LogP contribution in [0, 0.1) is 17.1 Å². The van der Waals surface area contributed by atoms with E-state index in [-0.39, 0.29) is 11.7 Å². The minimum atomic E-state index is -0.491. The molecule has 5 rings (SSSR count). The predicted molar refractivity (Wildman–Crippen MR) is 132 cm³/mol. The van der Waals surface area contributed by atoms with Crippen LogP contribution >= 0.6 is 0 Å². The summed E-state index contributed by atoms with van der Waals surface area (Å²) < 4.78 is 30.3. The van der Waals surface area contributed by atoms with Crippen LogP contribution in [0.15, 0.2) is 84.3 Å². The summed E-state index contributed by atoms with van der Waals surface area (Å²) in [5.74, 6) is 0.933. The second-order valence-electron chi connectivity index (χ2n) is 8.19. The van der Waals surface area contributed by atoms with Gasteiger partial charge in [-0.1, -0.05) is 36.4 Å². The summed E-state index contributed by atoms with van der Waals surface area (Å²) in [5, 5.41) is 17.3. The van der Waals surface area contributed by atoms with Gasteiger partial charge in [0, 0.05) is 5.56 Å². The van der Waals surface area contributed by atoms with Crippen molar-refractivity contribution in [3.05, 3.63) is 107 Å². The fraction of sp³-hybridized carbons (Fsp3) is 0.143.